The average molecular weight is 386 g/mol. The van der Waals surface area contributed by atoms with E-state index in [4.69, 9.17) is 9.72 Å². The van der Waals surface area contributed by atoms with Gasteiger partial charge in [0.1, 0.15) is 5.82 Å². The minimum atomic E-state index is -0.0603. The van der Waals surface area contributed by atoms with Crippen LogP contribution in [0.3, 0.4) is 0 Å². The van der Waals surface area contributed by atoms with Crippen molar-refractivity contribution in [3.05, 3.63) is 11.8 Å². The molecule has 2 bridgehead atoms. The number of amides is 1. The molecule has 28 heavy (non-hydrogen) atoms. The number of fused-ring (bicyclic) bond motifs is 1. The quantitative estimate of drug-likeness (QED) is 0.802. The van der Waals surface area contributed by atoms with Crippen molar-refractivity contribution in [3.8, 4) is 0 Å². The fourth-order valence-electron chi connectivity index (χ4n) is 5.36. The van der Waals surface area contributed by atoms with E-state index < -0.39 is 0 Å². The lowest BCUT2D eigenvalue weighted by Crippen LogP contribution is -2.42. The van der Waals surface area contributed by atoms with Gasteiger partial charge in [0.2, 0.25) is 11.9 Å². The fourth-order valence-corrected chi connectivity index (χ4v) is 5.36. The Morgan fingerprint density at radius 3 is 2.89 bits per heavy atom. The molecule has 1 aromatic rings. The molecular formula is C21H31N5O2. The second-order valence-electron chi connectivity index (χ2n) is 9.20. The summed E-state index contributed by atoms with van der Waals surface area (Å²) < 4.78 is 6.54. The van der Waals surface area contributed by atoms with Gasteiger partial charge in [-0.25, -0.2) is 4.98 Å². The first-order valence-electron chi connectivity index (χ1n) is 10.7. The van der Waals surface area contributed by atoms with Crippen LogP contribution in [0.4, 0.5) is 11.8 Å². The van der Waals surface area contributed by atoms with Crippen molar-refractivity contribution in [2.24, 2.45) is 17.8 Å². The minimum Gasteiger partial charge on any atom is -0.369 e. The number of carbonyl (C=O) groups is 1. The Hall–Kier alpha value is -1.89. The molecule has 0 unspecified atom stereocenters. The van der Waals surface area contributed by atoms with Crippen LogP contribution in [0.15, 0.2) is 6.07 Å². The molecular weight excluding hydrogens is 354 g/mol. The van der Waals surface area contributed by atoms with Crippen LogP contribution in [0.2, 0.25) is 0 Å². The number of rotatable bonds is 6. The van der Waals surface area contributed by atoms with Crippen molar-refractivity contribution in [1.29, 1.82) is 0 Å². The fraction of sp³-hybridized carbons (Fsp3) is 0.762. The molecule has 0 radical (unpaired) electrons. The summed E-state index contributed by atoms with van der Waals surface area (Å²) >= 11 is 0. The Morgan fingerprint density at radius 1 is 1.36 bits per heavy atom. The standard InChI is InChI=1S/C21H31N5O2/c1-4-14-9-18(24-20(23-14)25(2)3)26-11-16-15(10-22-19(27)13-5-6-13)17-7-8-21(16,12-26)28-17/h9,13,15-17H,4-8,10-12H2,1-3H3,(H,22,27)/t15-,16+,17+,21+/m0/s1. The Morgan fingerprint density at radius 2 is 2.18 bits per heavy atom. The first-order chi connectivity index (χ1) is 13.5. The summed E-state index contributed by atoms with van der Waals surface area (Å²) in [7, 11) is 3.97. The molecule has 1 amide bonds. The summed E-state index contributed by atoms with van der Waals surface area (Å²) in [5, 5.41) is 3.21. The number of carbonyl (C=O) groups excluding carboxylic acids is 1. The molecule has 4 atom stereocenters. The van der Waals surface area contributed by atoms with Gasteiger partial charge >= 0.3 is 0 Å². The van der Waals surface area contributed by atoms with E-state index >= 15 is 0 Å². The van der Waals surface area contributed by atoms with Crippen molar-refractivity contribution in [2.45, 2.75) is 50.7 Å². The zero-order chi connectivity index (χ0) is 19.5. The highest BCUT2D eigenvalue weighted by Crippen LogP contribution is 2.55. The van der Waals surface area contributed by atoms with Crippen molar-refractivity contribution in [3.63, 3.8) is 0 Å². The lowest BCUT2D eigenvalue weighted by molar-refractivity contribution is -0.122. The van der Waals surface area contributed by atoms with Crippen LogP contribution >= 0.6 is 0 Å². The van der Waals surface area contributed by atoms with Crippen molar-refractivity contribution in [2.75, 3.05) is 43.5 Å². The molecule has 1 saturated carbocycles. The predicted octanol–water partition coefficient (Wildman–Crippen LogP) is 1.62. The maximum absolute atomic E-state index is 12.1. The van der Waals surface area contributed by atoms with Gasteiger partial charge in [-0.1, -0.05) is 6.92 Å². The summed E-state index contributed by atoms with van der Waals surface area (Å²) in [6, 6.07) is 2.13. The number of nitrogens with one attached hydrogen (secondary N) is 1. The van der Waals surface area contributed by atoms with Crippen LogP contribution in [0.5, 0.6) is 0 Å². The number of aromatic nitrogens is 2. The highest BCUT2D eigenvalue weighted by molar-refractivity contribution is 5.80. The third-order valence-corrected chi connectivity index (χ3v) is 7.08. The van der Waals surface area contributed by atoms with Crippen molar-refractivity contribution in [1.82, 2.24) is 15.3 Å². The molecule has 4 fully saturated rings. The van der Waals surface area contributed by atoms with E-state index in [0.29, 0.717) is 17.9 Å². The molecule has 1 N–H and O–H groups in total. The molecule has 3 aliphatic heterocycles. The van der Waals surface area contributed by atoms with E-state index in [1.807, 2.05) is 19.0 Å². The van der Waals surface area contributed by atoms with Gasteiger partial charge in [0, 0.05) is 63.2 Å². The van der Waals surface area contributed by atoms with Gasteiger partial charge in [-0.15, -0.1) is 0 Å². The molecule has 0 aromatic carbocycles. The Bertz CT molecular complexity index is 780. The topological polar surface area (TPSA) is 70.6 Å². The number of hydrogen-bond acceptors (Lipinski definition) is 6. The summed E-state index contributed by atoms with van der Waals surface area (Å²) in [6.45, 7) is 4.74. The van der Waals surface area contributed by atoms with E-state index in [1.54, 1.807) is 0 Å². The van der Waals surface area contributed by atoms with E-state index in [0.717, 1.165) is 69.2 Å². The molecule has 4 aliphatic rings. The Kier molecular flexibility index (Phi) is 4.27. The maximum Gasteiger partial charge on any atom is 0.227 e. The number of ether oxygens (including phenoxy) is 1. The second-order valence-corrected chi connectivity index (χ2v) is 9.20. The molecule has 5 rings (SSSR count). The second kappa shape index (κ2) is 6.58. The average Bonchev–Trinajstić information content (AvgIpc) is 3.27. The molecule has 152 valence electrons. The number of anilines is 2. The zero-order valence-electron chi connectivity index (χ0n) is 17.1. The van der Waals surface area contributed by atoms with Gasteiger partial charge in [-0.2, -0.15) is 4.98 Å². The SMILES string of the molecule is CCc1cc(N2C[C@@H]3[C@H](CNC(=O)C4CC4)[C@H]4CC[C@]3(C2)O4)nc(N(C)C)n1. The summed E-state index contributed by atoms with van der Waals surface area (Å²) in [4.78, 5) is 25.9. The van der Waals surface area contributed by atoms with Crippen LogP contribution in [-0.2, 0) is 16.0 Å². The first-order valence-corrected chi connectivity index (χ1v) is 10.7. The van der Waals surface area contributed by atoms with Gasteiger partial charge in [0.05, 0.1) is 11.7 Å². The van der Waals surface area contributed by atoms with Crippen LogP contribution in [-0.4, -0.2) is 61.3 Å². The minimum absolute atomic E-state index is 0.0603. The van der Waals surface area contributed by atoms with Crippen LogP contribution in [0.25, 0.3) is 0 Å². The van der Waals surface area contributed by atoms with Gasteiger partial charge in [-0.05, 0) is 32.1 Å². The number of hydrogen-bond donors (Lipinski definition) is 1. The lowest BCUT2D eigenvalue weighted by Gasteiger charge is -2.29. The predicted molar refractivity (Wildman–Crippen MR) is 108 cm³/mol. The third kappa shape index (κ3) is 2.95. The van der Waals surface area contributed by atoms with Crippen molar-refractivity contribution >= 4 is 17.7 Å². The van der Waals surface area contributed by atoms with Gasteiger partial charge in [-0.3, -0.25) is 4.79 Å². The van der Waals surface area contributed by atoms with Crippen LogP contribution < -0.4 is 15.1 Å². The highest BCUT2D eigenvalue weighted by atomic mass is 16.5. The van der Waals surface area contributed by atoms with E-state index in [-0.39, 0.29) is 17.4 Å². The number of nitrogens with zero attached hydrogens (tertiary/aromatic N) is 4. The van der Waals surface area contributed by atoms with Crippen molar-refractivity contribution < 1.29 is 9.53 Å². The first kappa shape index (κ1) is 18.2. The van der Waals surface area contributed by atoms with E-state index in [2.05, 4.69) is 28.2 Å². The zero-order valence-corrected chi connectivity index (χ0v) is 17.1. The van der Waals surface area contributed by atoms with Gasteiger partial charge < -0.3 is 19.9 Å². The Labute approximate surface area is 166 Å². The lowest BCUT2D eigenvalue weighted by atomic mass is 9.73. The van der Waals surface area contributed by atoms with Crippen LogP contribution in [0, 0.1) is 17.8 Å². The molecule has 4 heterocycles. The smallest absolute Gasteiger partial charge is 0.227 e. The van der Waals surface area contributed by atoms with Gasteiger partial charge in [0.25, 0.3) is 0 Å². The molecule has 7 nitrogen and oxygen atoms in total. The molecule has 7 heteroatoms. The summed E-state index contributed by atoms with van der Waals surface area (Å²) in [5.41, 5.74) is 1.01. The van der Waals surface area contributed by atoms with Crippen LogP contribution in [0.1, 0.15) is 38.3 Å². The largest absolute Gasteiger partial charge is 0.369 e. The molecule has 3 saturated heterocycles. The highest BCUT2D eigenvalue weighted by Gasteiger charge is 2.63. The summed E-state index contributed by atoms with van der Waals surface area (Å²) in [5.74, 6) is 3.17. The van der Waals surface area contributed by atoms with E-state index in [1.165, 1.54) is 0 Å². The molecule has 1 aliphatic carbocycles. The Balaban J connectivity index is 1.35. The monoisotopic (exact) mass is 385 g/mol. The molecule has 1 spiro atoms. The maximum atomic E-state index is 12.1. The molecule has 1 aromatic heterocycles. The number of aryl methyl sites for hydroxylation is 1. The third-order valence-electron chi connectivity index (χ3n) is 7.08. The van der Waals surface area contributed by atoms with E-state index in [9.17, 15) is 4.79 Å². The normalized spacial score (nSPS) is 33.2. The summed E-state index contributed by atoms with van der Waals surface area (Å²) in [6.07, 6.45) is 5.55. The van der Waals surface area contributed by atoms with Gasteiger partial charge in [0.15, 0.2) is 0 Å².